The number of nitrogens with one attached hydrogen (secondary N) is 1. The lowest BCUT2D eigenvalue weighted by Crippen LogP contribution is -2.29. The SMILES string of the molecule is CC(=O)CNC(=O)c1ncccc1Br. The van der Waals surface area contributed by atoms with E-state index in [0.717, 1.165) is 0 Å². The molecule has 4 nitrogen and oxygen atoms in total. The van der Waals surface area contributed by atoms with Gasteiger partial charge in [0.05, 0.1) is 6.54 Å². The van der Waals surface area contributed by atoms with Crippen molar-refractivity contribution in [2.75, 3.05) is 6.54 Å². The minimum absolute atomic E-state index is 0.0296. The zero-order valence-electron chi connectivity index (χ0n) is 7.58. The number of pyridine rings is 1. The van der Waals surface area contributed by atoms with Crippen LogP contribution in [0.25, 0.3) is 0 Å². The van der Waals surface area contributed by atoms with Gasteiger partial charge in [-0.1, -0.05) is 0 Å². The molecular weight excluding hydrogens is 248 g/mol. The van der Waals surface area contributed by atoms with E-state index in [1.165, 1.54) is 13.1 Å². The van der Waals surface area contributed by atoms with E-state index in [1.807, 2.05) is 0 Å². The van der Waals surface area contributed by atoms with Crippen molar-refractivity contribution in [1.82, 2.24) is 10.3 Å². The summed E-state index contributed by atoms with van der Waals surface area (Å²) in [6.07, 6.45) is 1.52. The quantitative estimate of drug-likeness (QED) is 0.883. The standard InChI is InChI=1S/C9H9BrN2O2/c1-6(13)5-12-9(14)8-7(10)3-2-4-11-8/h2-4H,5H2,1H3,(H,12,14). The Morgan fingerprint density at radius 3 is 2.86 bits per heavy atom. The zero-order chi connectivity index (χ0) is 10.6. The number of carbonyl (C=O) groups excluding carboxylic acids is 2. The second kappa shape index (κ2) is 4.85. The second-order valence-electron chi connectivity index (χ2n) is 2.72. The van der Waals surface area contributed by atoms with Crippen LogP contribution >= 0.6 is 15.9 Å². The maximum Gasteiger partial charge on any atom is 0.271 e. The summed E-state index contributed by atoms with van der Waals surface area (Å²) in [6.45, 7) is 1.44. The highest BCUT2D eigenvalue weighted by atomic mass is 79.9. The Kier molecular flexibility index (Phi) is 3.76. The lowest BCUT2D eigenvalue weighted by molar-refractivity contribution is -0.116. The highest BCUT2D eigenvalue weighted by molar-refractivity contribution is 9.10. The number of carbonyl (C=O) groups is 2. The molecule has 1 amide bonds. The van der Waals surface area contributed by atoms with Gasteiger partial charge in [0.2, 0.25) is 0 Å². The Hall–Kier alpha value is -1.23. The molecule has 0 unspecified atom stereocenters. The van der Waals surface area contributed by atoms with Crippen molar-refractivity contribution in [3.8, 4) is 0 Å². The van der Waals surface area contributed by atoms with Crippen LogP contribution < -0.4 is 5.32 Å². The van der Waals surface area contributed by atoms with E-state index in [1.54, 1.807) is 12.1 Å². The second-order valence-corrected chi connectivity index (χ2v) is 3.57. The third-order valence-electron chi connectivity index (χ3n) is 1.47. The van der Waals surface area contributed by atoms with Gasteiger partial charge in [0.15, 0.2) is 0 Å². The average Bonchev–Trinajstić information content (AvgIpc) is 2.15. The van der Waals surface area contributed by atoms with Gasteiger partial charge in [-0.2, -0.15) is 0 Å². The number of amides is 1. The molecule has 0 aliphatic carbocycles. The first-order chi connectivity index (χ1) is 6.61. The Morgan fingerprint density at radius 1 is 1.57 bits per heavy atom. The highest BCUT2D eigenvalue weighted by Gasteiger charge is 2.10. The molecule has 0 aromatic carbocycles. The van der Waals surface area contributed by atoms with Gasteiger partial charge in [0.1, 0.15) is 11.5 Å². The van der Waals surface area contributed by atoms with Crippen LogP contribution in [-0.2, 0) is 4.79 Å². The molecule has 0 saturated heterocycles. The fourth-order valence-electron chi connectivity index (χ4n) is 0.841. The molecule has 74 valence electrons. The van der Waals surface area contributed by atoms with Crippen LogP contribution in [0.2, 0.25) is 0 Å². The summed E-state index contributed by atoms with van der Waals surface area (Å²) < 4.78 is 0.612. The van der Waals surface area contributed by atoms with Crippen LogP contribution in [-0.4, -0.2) is 23.2 Å². The van der Waals surface area contributed by atoms with Crippen molar-refractivity contribution in [2.45, 2.75) is 6.92 Å². The molecule has 1 aromatic heterocycles. The average molecular weight is 257 g/mol. The molecule has 0 radical (unpaired) electrons. The first kappa shape index (κ1) is 10.8. The molecule has 5 heteroatoms. The number of halogens is 1. The van der Waals surface area contributed by atoms with Gasteiger partial charge in [-0.3, -0.25) is 9.59 Å². The Labute approximate surface area is 89.9 Å². The van der Waals surface area contributed by atoms with E-state index in [9.17, 15) is 9.59 Å². The van der Waals surface area contributed by atoms with Crippen LogP contribution in [0.4, 0.5) is 0 Å². The van der Waals surface area contributed by atoms with Crippen LogP contribution in [0.3, 0.4) is 0 Å². The van der Waals surface area contributed by atoms with Crippen molar-refractivity contribution in [3.63, 3.8) is 0 Å². The van der Waals surface area contributed by atoms with Gasteiger partial charge >= 0.3 is 0 Å². The van der Waals surface area contributed by atoms with Gasteiger partial charge in [0.25, 0.3) is 5.91 Å². The van der Waals surface area contributed by atoms with Crippen molar-refractivity contribution >= 4 is 27.6 Å². The summed E-state index contributed by atoms with van der Waals surface area (Å²) in [5, 5.41) is 2.46. The number of hydrogen-bond donors (Lipinski definition) is 1. The van der Waals surface area contributed by atoms with Crippen LogP contribution in [0, 0.1) is 0 Å². The summed E-state index contributed by atoms with van der Waals surface area (Å²) in [4.78, 5) is 25.9. The molecule has 0 bridgehead atoms. The van der Waals surface area contributed by atoms with Gasteiger partial charge in [0, 0.05) is 10.7 Å². The molecule has 1 aromatic rings. The molecule has 0 fully saturated rings. The normalized spacial score (nSPS) is 9.57. The first-order valence-electron chi connectivity index (χ1n) is 3.99. The van der Waals surface area contributed by atoms with E-state index in [-0.39, 0.29) is 23.9 Å². The summed E-state index contributed by atoms with van der Waals surface area (Å²) >= 11 is 3.20. The predicted molar refractivity (Wildman–Crippen MR) is 55.0 cm³/mol. The third kappa shape index (κ3) is 2.92. The number of ketones is 1. The Balaban J connectivity index is 2.70. The lowest BCUT2D eigenvalue weighted by atomic mass is 10.3. The highest BCUT2D eigenvalue weighted by Crippen LogP contribution is 2.12. The predicted octanol–water partition coefficient (Wildman–Crippen LogP) is 1.16. The fourth-order valence-corrected chi connectivity index (χ4v) is 1.28. The molecule has 14 heavy (non-hydrogen) atoms. The van der Waals surface area contributed by atoms with Gasteiger partial charge < -0.3 is 5.32 Å². The largest absolute Gasteiger partial charge is 0.344 e. The van der Waals surface area contributed by atoms with E-state index < -0.39 is 0 Å². The molecule has 0 aliphatic rings. The third-order valence-corrected chi connectivity index (χ3v) is 2.11. The van der Waals surface area contributed by atoms with Crippen LogP contribution in [0.1, 0.15) is 17.4 Å². The maximum absolute atomic E-state index is 11.4. The number of Topliss-reactive ketones (excluding diaryl/α,β-unsaturated/α-hetero) is 1. The van der Waals surface area contributed by atoms with Crippen molar-refractivity contribution in [2.24, 2.45) is 0 Å². The molecule has 0 saturated carbocycles. The first-order valence-corrected chi connectivity index (χ1v) is 4.78. The number of aromatic nitrogens is 1. The Bertz CT molecular complexity index is 366. The van der Waals surface area contributed by atoms with Crippen molar-refractivity contribution in [3.05, 3.63) is 28.5 Å². The van der Waals surface area contributed by atoms with Crippen molar-refractivity contribution in [1.29, 1.82) is 0 Å². The lowest BCUT2D eigenvalue weighted by Gasteiger charge is -2.03. The van der Waals surface area contributed by atoms with E-state index in [2.05, 4.69) is 26.2 Å². The molecule has 1 rings (SSSR count). The van der Waals surface area contributed by atoms with E-state index in [4.69, 9.17) is 0 Å². The Morgan fingerprint density at radius 2 is 2.29 bits per heavy atom. The summed E-state index contributed by atoms with van der Waals surface area (Å²) in [5.74, 6) is -0.446. The van der Waals surface area contributed by atoms with E-state index >= 15 is 0 Å². The van der Waals surface area contributed by atoms with Crippen LogP contribution in [0.15, 0.2) is 22.8 Å². The molecule has 1 N–H and O–H groups in total. The maximum atomic E-state index is 11.4. The monoisotopic (exact) mass is 256 g/mol. The van der Waals surface area contributed by atoms with Gasteiger partial charge in [-0.25, -0.2) is 4.98 Å². The van der Waals surface area contributed by atoms with E-state index in [0.29, 0.717) is 4.47 Å². The zero-order valence-corrected chi connectivity index (χ0v) is 9.17. The number of hydrogen-bond acceptors (Lipinski definition) is 3. The molecule has 0 spiro atoms. The summed E-state index contributed by atoms with van der Waals surface area (Å²) in [5.41, 5.74) is 0.286. The fraction of sp³-hybridized carbons (Fsp3) is 0.222. The van der Waals surface area contributed by atoms with Crippen LogP contribution in [0.5, 0.6) is 0 Å². The van der Waals surface area contributed by atoms with Gasteiger partial charge in [-0.15, -0.1) is 0 Å². The minimum Gasteiger partial charge on any atom is -0.344 e. The topological polar surface area (TPSA) is 59.1 Å². The van der Waals surface area contributed by atoms with Crippen molar-refractivity contribution < 1.29 is 9.59 Å². The molecule has 0 atom stereocenters. The number of nitrogens with zero attached hydrogens (tertiary/aromatic N) is 1. The summed E-state index contributed by atoms with van der Waals surface area (Å²) in [6, 6.07) is 3.43. The number of rotatable bonds is 3. The smallest absolute Gasteiger partial charge is 0.271 e. The molecular formula is C9H9BrN2O2. The molecule has 1 heterocycles. The van der Waals surface area contributed by atoms with Gasteiger partial charge in [-0.05, 0) is 35.0 Å². The molecule has 0 aliphatic heterocycles. The summed E-state index contributed by atoms with van der Waals surface area (Å²) in [7, 11) is 0. The minimum atomic E-state index is -0.354.